The number of hydrogen-bond acceptors (Lipinski definition) is 5. The Morgan fingerprint density at radius 1 is 1.09 bits per heavy atom. The van der Waals surface area contributed by atoms with Crippen LogP contribution in [0.25, 0.3) is 0 Å². The summed E-state index contributed by atoms with van der Waals surface area (Å²) in [5.74, 6) is 2.73. The molecule has 0 saturated carbocycles. The molecule has 1 aromatic heterocycles. The van der Waals surface area contributed by atoms with Gasteiger partial charge < -0.3 is 14.8 Å². The Balaban J connectivity index is 1.69. The van der Waals surface area contributed by atoms with Crippen LogP contribution in [-0.2, 0) is 19.5 Å². The molecule has 0 aliphatic carbocycles. The van der Waals surface area contributed by atoms with Crippen LogP contribution in [0.4, 0.5) is 16.4 Å². The van der Waals surface area contributed by atoms with Crippen molar-refractivity contribution in [3.8, 4) is 11.5 Å². The number of fused-ring (bicyclic) bond motifs is 1. The first-order valence-electron chi connectivity index (χ1n) is 10.6. The molecule has 0 radical (unpaired) electrons. The molecular weight excluding hydrogens is 430 g/mol. The van der Waals surface area contributed by atoms with E-state index < -0.39 is 0 Å². The van der Waals surface area contributed by atoms with Crippen LogP contribution < -0.4 is 19.7 Å². The van der Waals surface area contributed by atoms with Gasteiger partial charge in [-0.05, 0) is 49.2 Å². The van der Waals surface area contributed by atoms with Gasteiger partial charge in [0.05, 0.1) is 20.8 Å². The number of urea groups is 1. The highest BCUT2D eigenvalue weighted by molar-refractivity contribution is 6.30. The fraction of sp³-hybridized carbons (Fsp3) is 0.348. The first kappa shape index (κ1) is 22.0. The molecule has 32 heavy (non-hydrogen) atoms. The third-order valence-electron chi connectivity index (χ3n) is 5.49. The van der Waals surface area contributed by atoms with Gasteiger partial charge in [-0.2, -0.15) is 0 Å². The lowest BCUT2D eigenvalue weighted by Crippen LogP contribution is -2.36. The molecular formula is C23H26ClN5O3. The van der Waals surface area contributed by atoms with E-state index in [9.17, 15) is 4.79 Å². The lowest BCUT2D eigenvalue weighted by atomic mass is 10.2. The van der Waals surface area contributed by atoms with Crippen molar-refractivity contribution in [3.63, 3.8) is 0 Å². The number of methoxy groups -OCH3 is 2. The number of nitrogens with zero attached hydrogens (tertiary/aromatic N) is 4. The normalized spacial score (nSPS) is 13.1. The van der Waals surface area contributed by atoms with E-state index in [-0.39, 0.29) is 12.6 Å². The van der Waals surface area contributed by atoms with Crippen molar-refractivity contribution in [1.82, 2.24) is 14.8 Å². The Kier molecular flexibility index (Phi) is 6.80. The minimum atomic E-state index is -0.315. The molecule has 0 bridgehead atoms. The summed E-state index contributed by atoms with van der Waals surface area (Å²) in [7, 11) is 3.20. The van der Waals surface area contributed by atoms with Crippen LogP contribution in [0.3, 0.4) is 0 Å². The van der Waals surface area contributed by atoms with E-state index in [0.717, 1.165) is 43.6 Å². The fourth-order valence-corrected chi connectivity index (χ4v) is 3.91. The molecule has 2 heterocycles. The number of carbonyl (C=O) groups excluding carboxylic acids is 1. The van der Waals surface area contributed by atoms with E-state index in [4.69, 9.17) is 21.1 Å². The Morgan fingerprint density at radius 3 is 2.66 bits per heavy atom. The third-order valence-corrected chi connectivity index (χ3v) is 5.75. The molecule has 2 amide bonds. The Labute approximate surface area is 192 Å². The molecule has 3 aromatic rings. The molecule has 4 rings (SSSR count). The van der Waals surface area contributed by atoms with Gasteiger partial charge in [-0.25, -0.2) is 4.79 Å². The van der Waals surface area contributed by atoms with E-state index in [0.29, 0.717) is 28.2 Å². The van der Waals surface area contributed by atoms with Crippen LogP contribution in [0, 0.1) is 0 Å². The lowest BCUT2D eigenvalue weighted by molar-refractivity contribution is 0.256. The van der Waals surface area contributed by atoms with Crippen molar-refractivity contribution < 1.29 is 14.3 Å². The third kappa shape index (κ3) is 4.80. The van der Waals surface area contributed by atoms with Crippen LogP contribution in [-0.4, -0.2) is 35.0 Å². The number of ether oxygens (including phenoxy) is 2. The monoisotopic (exact) mass is 455 g/mol. The number of halogens is 1. The Morgan fingerprint density at radius 2 is 1.91 bits per heavy atom. The number of rotatable bonds is 6. The topological polar surface area (TPSA) is 81.5 Å². The quantitative estimate of drug-likeness (QED) is 0.570. The van der Waals surface area contributed by atoms with Gasteiger partial charge in [-0.3, -0.25) is 9.47 Å². The van der Waals surface area contributed by atoms with Gasteiger partial charge >= 0.3 is 6.03 Å². The molecule has 0 spiro atoms. The summed E-state index contributed by atoms with van der Waals surface area (Å²) in [5, 5.41) is 12.3. The number of aromatic nitrogens is 3. The van der Waals surface area contributed by atoms with Gasteiger partial charge in [0.15, 0.2) is 0 Å². The second kappa shape index (κ2) is 9.91. The van der Waals surface area contributed by atoms with Gasteiger partial charge in [-0.15, -0.1) is 10.2 Å². The second-order valence-electron chi connectivity index (χ2n) is 7.58. The number of carbonyl (C=O) groups is 1. The average Bonchev–Trinajstić information content (AvgIpc) is 3.05. The van der Waals surface area contributed by atoms with E-state index in [2.05, 4.69) is 15.5 Å². The van der Waals surface area contributed by atoms with Crippen molar-refractivity contribution in [2.45, 2.75) is 38.8 Å². The minimum absolute atomic E-state index is 0.255. The zero-order valence-electron chi connectivity index (χ0n) is 18.2. The largest absolute Gasteiger partial charge is 0.497 e. The maximum Gasteiger partial charge on any atom is 0.329 e. The number of anilines is 2. The molecule has 1 aliphatic rings. The van der Waals surface area contributed by atoms with Gasteiger partial charge in [0.25, 0.3) is 0 Å². The summed E-state index contributed by atoms with van der Waals surface area (Å²) < 4.78 is 12.9. The molecule has 0 unspecified atom stereocenters. The summed E-state index contributed by atoms with van der Waals surface area (Å²) in [5.41, 5.74) is 1.47. The molecule has 0 saturated heterocycles. The Bertz CT molecular complexity index is 1080. The minimum Gasteiger partial charge on any atom is -0.497 e. The highest BCUT2D eigenvalue weighted by Crippen LogP contribution is 2.29. The first-order chi connectivity index (χ1) is 15.6. The zero-order valence-corrected chi connectivity index (χ0v) is 18.9. The fourth-order valence-electron chi connectivity index (χ4n) is 3.78. The molecule has 0 fully saturated rings. The highest BCUT2D eigenvalue weighted by Gasteiger charge is 2.26. The van der Waals surface area contributed by atoms with Crippen LogP contribution >= 0.6 is 11.6 Å². The average molecular weight is 456 g/mol. The summed E-state index contributed by atoms with van der Waals surface area (Å²) >= 11 is 5.98. The summed E-state index contributed by atoms with van der Waals surface area (Å²) in [6, 6.07) is 12.2. The van der Waals surface area contributed by atoms with Crippen molar-refractivity contribution >= 4 is 29.3 Å². The number of benzene rings is 2. The number of aryl methyl sites for hydroxylation is 1. The molecule has 8 nitrogen and oxygen atoms in total. The van der Waals surface area contributed by atoms with E-state index >= 15 is 0 Å². The van der Waals surface area contributed by atoms with E-state index in [1.807, 2.05) is 16.7 Å². The molecule has 2 aromatic carbocycles. The van der Waals surface area contributed by atoms with Gasteiger partial charge in [-0.1, -0.05) is 18.0 Å². The molecule has 9 heteroatoms. The second-order valence-corrected chi connectivity index (χ2v) is 8.02. The SMILES string of the molecule is COc1ccc(CN(C(=O)Nc2ccc(Cl)cc2)c2nnc3n2CCCCC3)c(OC)c1. The van der Waals surface area contributed by atoms with Crippen molar-refractivity contribution in [1.29, 1.82) is 0 Å². The van der Waals surface area contributed by atoms with Gasteiger partial charge in [0, 0.05) is 35.3 Å². The van der Waals surface area contributed by atoms with Crippen molar-refractivity contribution in [3.05, 3.63) is 58.9 Å². The van der Waals surface area contributed by atoms with Crippen molar-refractivity contribution in [2.24, 2.45) is 0 Å². The first-order valence-corrected chi connectivity index (χ1v) is 10.9. The summed E-state index contributed by atoms with van der Waals surface area (Å²) in [4.78, 5) is 15.0. The zero-order chi connectivity index (χ0) is 22.5. The molecule has 1 aliphatic heterocycles. The maximum absolute atomic E-state index is 13.4. The maximum atomic E-state index is 13.4. The van der Waals surface area contributed by atoms with Crippen LogP contribution in [0.1, 0.15) is 30.7 Å². The van der Waals surface area contributed by atoms with Crippen LogP contribution in [0.5, 0.6) is 11.5 Å². The van der Waals surface area contributed by atoms with E-state index in [1.54, 1.807) is 49.5 Å². The Hall–Kier alpha value is -3.26. The molecule has 1 N–H and O–H groups in total. The number of nitrogens with one attached hydrogen (secondary N) is 1. The number of amides is 2. The molecule has 168 valence electrons. The standard InChI is InChI=1S/C23H26ClN5O3/c1-31-19-12-7-16(20(14-19)32-2)15-29(23(30)25-18-10-8-17(24)9-11-18)22-27-26-21-6-4-3-5-13-28(21)22/h7-12,14H,3-6,13,15H2,1-2H3,(H,25,30). The summed E-state index contributed by atoms with van der Waals surface area (Å²) in [6.45, 7) is 1.03. The van der Waals surface area contributed by atoms with Gasteiger partial charge in [0.2, 0.25) is 5.95 Å². The highest BCUT2D eigenvalue weighted by atomic mass is 35.5. The lowest BCUT2D eigenvalue weighted by Gasteiger charge is -2.24. The predicted molar refractivity (Wildman–Crippen MR) is 124 cm³/mol. The summed E-state index contributed by atoms with van der Waals surface area (Å²) in [6.07, 6.45) is 4.08. The van der Waals surface area contributed by atoms with E-state index in [1.165, 1.54) is 0 Å². The predicted octanol–water partition coefficient (Wildman–Crippen LogP) is 4.91. The van der Waals surface area contributed by atoms with Crippen LogP contribution in [0.2, 0.25) is 5.02 Å². The van der Waals surface area contributed by atoms with Gasteiger partial charge in [0.1, 0.15) is 17.3 Å². The number of hydrogen-bond donors (Lipinski definition) is 1. The van der Waals surface area contributed by atoms with Crippen LogP contribution in [0.15, 0.2) is 42.5 Å². The smallest absolute Gasteiger partial charge is 0.329 e. The van der Waals surface area contributed by atoms with Crippen molar-refractivity contribution in [2.75, 3.05) is 24.4 Å². The molecule has 0 atom stereocenters.